The molecule has 2 aromatic rings. The maximum absolute atomic E-state index is 12.7. The van der Waals surface area contributed by atoms with Crippen molar-refractivity contribution in [3.63, 3.8) is 0 Å². The van der Waals surface area contributed by atoms with Crippen LogP contribution in [0.15, 0.2) is 47.1 Å². The molecule has 118 valence electrons. The molecule has 23 heavy (non-hydrogen) atoms. The van der Waals surface area contributed by atoms with Gasteiger partial charge in [0.2, 0.25) is 5.91 Å². The molecule has 2 aliphatic rings. The SMILES string of the molecule is O=C1Nc2ccccc2C(=O)N2CC[C@H](SCc3ccco3)[C@@H]12. The third kappa shape index (κ3) is 2.53. The van der Waals surface area contributed by atoms with Crippen molar-refractivity contribution in [1.29, 1.82) is 0 Å². The molecule has 3 heterocycles. The van der Waals surface area contributed by atoms with Crippen LogP contribution in [0.3, 0.4) is 0 Å². The zero-order valence-electron chi connectivity index (χ0n) is 12.4. The Morgan fingerprint density at radius 3 is 2.91 bits per heavy atom. The lowest BCUT2D eigenvalue weighted by atomic mass is 10.1. The zero-order valence-corrected chi connectivity index (χ0v) is 13.2. The predicted octanol–water partition coefficient (Wildman–Crippen LogP) is 2.75. The zero-order chi connectivity index (χ0) is 15.8. The van der Waals surface area contributed by atoms with E-state index in [1.165, 1.54) is 0 Å². The van der Waals surface area contributed by atoms with E-state index < -0.39 is 6.04 Å². The summed E-state index contributed by atoms with van der Waals surface area (Å²) in [5, 5.41) is 2.99. The lowest BCUT2D eigenvalue weighted by Gasteiger charge is -2.23. The van der Waals surface area contributed by atoms with Gasteiger partial charge in [0.1, 0.15) is 11.8 Å². The molecule has 0 bridgehead atoms. The first kappa shape index (κ1) is 14.4. The van der Waals surface area contributed by atoms with Crippen molar-refractivity contribution in [3.05, 3.63) is 54.0 Å². The van der Waals surface area contributed by atoms with E-state index in [4.69, 9.17) is 4.42 Å². The molecule has 4 rings (SSSR count). The molecule has 0 aliphatic carbocycles. The molecule has 0 radical (unpaired) electrons. The Morgan fingerprint density at radius 2 is 2.09 bits per heavy atom. The molecule has 1 aromatic heterocycles. The number of nitrogens with zero attached hydrogens (tertiary/aromatic N) is 1. The van der Waals surface area contributed by atoms with Gasteiger partial charge in [-0.1, -0.05) is 12.1 Å². The minimum Gasteiger partial charge on any atom is -0.468 e. The summed E-state index contributed by atoms with van der Waals surface area (Å²) in [7, 11) is 0. The van der Waals surface area contributed by atoms with Crippen molar-refractivity contribution in [2.45, 2.75) is 23.5 Å². The number of hydrogen-bond acceptors (Lipinski definition) is 4. The van der Waals surface area contributed by atoms with Crippen LogP contribution in [-0.2, 0) is 10.5 Å². The number of carbonyl (C=O) groups is 2. The van der Waals surface area contributed by atoms with E-state index in [1.54, 1.807) is 35.1 Å². The molecule has 2 amide bonds. The molecule has 1 saturated heterocycles. The summed E-state index contributed by atoms with van der Waals surface area (Å²) in [6.07, 6.45) is 2.47. The van der Waals surface area contributed by atoms with Crippen molar-refractivity contribution in [2.75, 3.05) is 11.9 Å². The Labute approximate surface area is 138 Å². The third-order valence-corrected chi connectivity index (χ3v) is 5.68. The maximum atomic E-state index is 12.7. The highest BCUT2D eigenvalue weighted by Crippen LogP contribution is 2.35. The number of anilines is 1. The van der Waals surface area contributed by atoms with Gasteiger partial charge in [-0.2, -0.15) is 0 Å². The third-order valence-electron chi connectivity index (χ3n) is 4.31. The summed E-state index contributed by atoms with van der Waals surface area (Å²) in [6, 6.07) is 10.6. The van der Waals surface area contributed by atoms with Crippen LogP contribution < -0.4 is 5.32 Å². The molecule has 0 unspecified atom stereocenters. The van der Waals surface area contributed by atoms with E-state index >= 15 is 0 Å². The molecular formula is C17H16N2O3S. The van der Waals surface area contributed by atoms with Gasteiger partial charge in [-0.3, -0.25) is 9.59 Å². The van der Waals surface area contributed by atoms with Gasteiger partial charge in [0.25, 0.3) is 5.91 Å². The fourth-order valence-electron chi connectivity index (χ4n) is 3.20. The van der Waals surface area contributed by atoms with Crippen molar-refractivity contribution < 1.29 is 14.0 Å². The van der Waals surface area contributed by atoms with E-state index in [1.807, 2.05) is 24.3 Å². The first-order valence-electron chi connectivity index (χ1n) is 7.59. The standard InChI is InChI=1S/C17H16N2O3S/c20-16-15-14(23-10-11-4-3-9-22-11)7-8-19(15)17(21)12-5-1-2-6-13(12)18-16/h1-6,9,14-15H,7-8,10H2,(H,18,20)/t14-,15-/m0/s1. The first-order chi connectivity index (χ1) is 11.2. The fourth-order valence-corrected chi connectivity index (χ4v) is 4.47. The monoisotopic (exact) mass is 328 g/mol. The Morgan fingerprint density at radius 1 is 1.22 bits per heavy atom. The number of para-hydroxylation sites is 1. The second kappa shape index (κ2) is 5.77. The molecule has 0 saturated carbocycles. The number of carbonyl (C=O) groups excluding carboxylic acids is 2. The van der Waals surface area contributed by atoms with Gasteiger partial charge in [-0.05, 0) is 30.7 Å². The topological polar surface area (TPSA) is 62.6 Å². The van der Waals surface area contributed by atoms with Crippen molar-refractivity contribution in [1.82, 2.24) is 4.90 Å². The molecule has 6 heteroatoms. The van der Waals surface area contributed by atoms with E-state index in [9.17, 15) is 9.59 Å². The summed E-state index contributed by atoms with van der Waals surface area (Å²) in [4.78, 5) is 27.1. The highest BCUT2D eigenvalue weighted by Gasteiger charge is 2.44. The fraction of sp³-hybridized carbons (Fsp3) is 0.294. The van der Waals surface area contributed by atoms with Crippen LogP contribution in [0, 0.1) is 0 Å². The Hall–Kier alpha value is -2.21. The van der Waals surface area contributed by atoms with E-state index in [-0.39, 0.29) is 17.1 Å². The summed E-state index contributed by atoms with van der Waals surface area (Å²) in [5.41, 5.74) is 1.17. The van der Waals surface area contributed by atoms with Gasteiger partial charge in [-0.25, -0.2) is 0 Å². The van der Waals surface area contributed by atoms with Crippen LogP contribution in [0.2, 0.25) is 0 Å². The summed E-state index contributed by atoms with van der Waals surface area (Å²) < 4.78 is 5.35. The minimum absolute atomic E-state index is 0.0648. The molecule has 0 spiro atoms. The van der Waals surface area contributed by atoms with Crippen LogP contribution >= 0.6 is 11.8 Å². The maximum Gasteiger partial charge on any atom is 0.256 e. The van der Waals surface area contributed by atoms with Crippen LogP contribution in [0.5, 0.6) is 0 Å². The average molecular weight is 328 g/mol. The Bertz CT molecular complexity index is 744. The summed E-state index contributed by atoms with van der Waals surface area (Å²) in [5.74, 6) is 1.43. The number of fused-ring (bicyclic) bond motifs is 2. The van der Waals surface area contributed by atoms with Crippen LogP contribution in [-0.4, -0.2) is 34.6 Å². The second-order valence-electron chi connectivity index (χ2n) is 5.70. The number of furan rings is 1. The molecule has 2 aliphatic heterocycles. The van der Waals surface area contributed by atoms with Crippen LogP contribution in [0.4, 0.5) is 5.69 Å². The number of rotatable bonds is 3. The summed E-state index contributed by atoms with van der Waals surface area (Å²) >= 11 is 1.67. The Kier molecular flexibility index (Phi) is 3.61. The second-order valence-corrected chi connectivity index (χ2v) is 6.92. The van der Waals surface area contributed by atoms with E-state index in [0.29, 0.717) is 23.5 Å². The number of hydrogen-bond donors (Lipinski definition) is 1. The Balaban J connectivity index is 1.57. The smallest absolute Gasteiger partial charge is 0.256 e. The molecule has 1 fully saturated rings. The van der Waals surface area contributed by atoms with Crippen molar-refractivity contribution in [2.24, 2.45) is 0 Å². The van der Waals surface area contributed by atoms with E-state index in [0.717, 1.165) is 12.2 Å². The van der Waals surface area contributed by atoms with Gasteiger partial charge in [0, 0.05) is 11.8 Å². The number of thioether (sulfide) groups is 1. The van der Waals surface area contributed by atoms with Gasteiger partial charge < -0.3 is 14.6 Å². The molecule has 1 aromatic carbocycles. The lowest BCUT2D eigenvalue weighted by Crippen LogP contribution is -2.44. The number of amides is 2. The molecular weight excluding hydrogens is 312 g/mol. The lowest BCUT2D eigenvalue weighted by molar-refractivity contribution is -0.119. The minimum atomic E-state index is -0.421. The van der Waals surface area contributed by atoms with Crippen LogP contribution in [0.1, 0.15) is 22.5 Å². The molecule has 5 nitrogen and oxygen atoms in total. The van der Waals surface area contributed by atoms with Crippen molar-refractivity contribution in [3.8, 4) is 0 Å². The highest BCUT2D eigenvalue weighted by atomic mass is 32.2. The quantitative estimate of drug-likeness (QED) is 0.941. The molecule has 2 atom stereocenters. The van der Waals surface area contributed by atoms with Gasteiger partial charge >= 0.3 is 0 Å². The van der Waals surface area contributed by atoms with Crippen molar-refractivity contribution >= 4 is 29.3 Å². The number of benzene rings is 1. The normalized spacial score (nSPS) is 23.2. The van der Waals surface area contributed by atoms with Gasteiger partial charge in [0.15, 0.2) is 0 Å². The first-order valence-corrected chi connectivity index (χ1v) is 8.64. The summed E-state index contributed by atoms with van der Waals surface area (Å²) in [6.45, 7) is 0.612. The van der Waals surface area contributed by atoms with Crippen LogP contribution in [0.25, 0.3) is 0 Å². The largest absolute Gasteiger partial charge is 0.468 e. The predicted molar refractivity (Wildman–Crippen MR) is 88.3 cm³/mol. The highest BCUT2D eigenvalue weighted by molar-refractivity contribution is 7.99. The number of nitrogens with one attached hydrogen (secondary N) is 1. The van der Waals surface area contributed by atoms with Gasteiger partial charge in [0.05, 0.1) is 23.3 Å². The van der Waals surface area contributed by atoms with Gasteiger partial charge in [-0.15, -0.1) is 11.8 Å². The van der Waals surface area contributed by atoms with E-state index in [2.05, 4.69) is 5.32 Å². The average Bonchev–Trinajstić information content (AvgIpc) is 3.20. The molecule has 1 N–H and O–H groups in total.